The van der Waals surface area contributed by atoms with Crippen molar-refractivity contribution in [2.45, 2.75) is 18.5 Å². The van der Waals surface area contributed by atoms with Crippen LogP contribution in [0.1, 0.15) is 18.4 Å². The van der Waals surface area contributed by atoms with Crippen molar-refractivity contribution in [2.75, 3.05) is 13.1 Å². The molecule has 0 spiro atoms. The molecule has 1 aliphatic rings. The van der Waals surface area contributed by atoms with Gasteiger partial charge in [-0.2, -0.15) is 0 Å². The van der Waals surface area contributed by atoms with E-state index >= 15 is 0 Å². The number of aromatic nitrogens is 1. The van der Waals surface area contributed by atoms with E-state index in [4.69, 9.17) is 0 Å². The van der Waals surface area contributed by atoms with Crippen LogP contribution < -0.4 is 5.32 Å². The molecule has 1 saturated heterocycles. The van der Waals surface area contributed by atoms with Gasteiger partial charge in [0.2, 0.25) is 0 Å². The fourth-order valence-corrected chi connectivity index (χ4v) is 2.61. The predicted octanol–water partition coefficient (Wildman–Crippen LogP) is 2.78. The predicted molar refractivity (Wildman–Crippen MR) is 66.6 cm³/mol. The van der Waals surface area contributed by atoms with Crippen molar-refractivity contribution in [1.29, 1.82) is 0 Å². The SMILES string of the molecule is FC1(c2cccc3cnccc23)CCCNC1. The molecule has 3 rings (SSSR count). The number of benzene rings is 1. The van der Waals surface area contributed by atoms with Crippen molar-refractivity contribution < 1.29 is 4.39 Å². The molecule has 2 aromatic rings. The Morgan fingerprint density at radius 2 is 2.24 bits per heavy atom. The first kappa shape index (κ1) is 10.7. The first-order valence-electron chi connectivity index (χ1n) is 6.02. The molecule has 2 heterocycles. The number of hydrogen-bond donors (Lipinski definition) is 1. The standard InChI is InChI=1S/C14H15FN2/c15-14(6-2-7-17-10-14)13-4-1-3-11-9-16-8-5-12(11)13/h1,3-5,8-9,17H,2,6-7,10H2. The Labute approximate surface area is 99.9 Å². The Morgan fingerprint density at radius 1 is 1.29 bits per heavy atom. The smallest absolute Gasteiger partial charge is 0.149 e. The van der Waals surface area contributed by atoms with E-state index < -0.39 is 5.67 Å². The second-order valence-corrected chi connectivity index (χ2v) is 4.65. The summed E-state index contributed by atoms with van der Waals surface area (Å²) in [4.78, 5) is 4.08. The van der Waals surface area contributed by atoms with Crippen LogP contribution in [-0.2, 0) is 5.67 Å². The monoisotopic (exact) mass is 230 g/mol. The van der Waals surface area contributed by atoms with Crippen molar-refractivity contribution in [1.82, 2.24) is 10.3 Å². The van der Waals surface area contributed by atoms with E-state index in [9.17, 15) is 4.39 Å². The van der Waals surface area contributed by atoms with E-state index in [2.05, 4.69) is 10.3 Å². The van der Waals surface area contributed by atoms with Crippen LogP contribution in [-0.4, -0.2) is 18.1 Å². The minimum absolute atomic E-state index is 0.411. The molecule has 0 amide bonds. The van der Waals surface area contributed by atoms with Gasteiger partial charge >= 0.3 is 0 Å². The second-order valence-electron chi connectivity index (χ2n) is 4.65. The topological polar surface area (TPSA) is 24.9 Å². The van der Waals surface area contributed by atoms with Gasteiger partial charge in [0.1, 0.15) is 5.67 Å². The Morgan fingerprint density at radius 3 is 3.06 bits per heavy atom. The minimum Gasteiger partial charge on any atom is -0.313 e. The number of alkyl halides is 1. The Kier molecular flexibility index (Phi) is 2.56. The number of fused-ring (bicyclic) bond motifs is 1. The lowest BCUT2D eigenvalue weighted by atomic mass is 9.86. The quantitative estimate of drug-likeness (QED) is 0.814. The number of rotatable bonds is 1. The number of halogens is 1. The number of hydrogen-bond acceptors (Lipinski definition) is 2. The molecule has 1 unspecified atom stereocenters. The third-order valence-corrected chi connectivity index (χ3v) is 3.50. The van der Waals surface area contributed by atoms with Gasteiger partial charge in [-0.15, -0.1) is 0 Å². The number of piperidine rings is 1. The fraction of sp³-hybridized carbons (Fsp3) is 0.357. The van der Waals surface area contributed by atoms with Crippen molar-refractivity contribution >= 4 is 10.8 Å². The molecular formula is C14H15FN2. The molecule has 1 fully saturated rings. The zero-order chi connectivity index (χ0) is 11.7. The van der Waals surface area contributed by atoms with Crippen LogP contribution in [0.2, 0.25) is 0 Å². The van der Waals surface area contributed by atoms with E-state index in [0.717, 1.165) is 29.3 Å². The maximum absolute atomic E-state index is 15.0. The van der Waals surface area contributed by atoms with Crippen LogP contribution in [0.3, 0.4) is 0 Å². The molecule has 0 saturated carbocycles. The highest BCUT2D eigenvalue weighted by Gasteiger charge is 2.34. The lowest BCUT2D eigenvalue weighted by Crippen LogP contribution is -2.40. The van der Waals surface area contributed by atoms with Crippen LogP contribution in [0.5, 0.6) is 0 Å². The van der Waals surface area contributed by atoms with Gasteiger partial charge in [-0.25, -0.2) is 4.39 Å². The molecule has 1 aliphatic heterocycles. The summed E-state index contributed by atoms with van der Waals surface area (Å²) in [5.74, 6) is 0. The van der Waals surface area contributed by atoms with Gasteiger partial charge in [0.15, 0.2) is 0 Å². The summed E-state index contributed by atoms with van der Waals surface area (Å²) >= 11 is 0. The van der Waals surface area contributed by atoms with Gasteiger partial charge in [-0.05, 0) is 36.4 Å². The molecular weight excluding hydrogens is 215 g/mol. The summed E-state index contributed by atoms with van der Waals surface area (Å²) in [6, 6.07) is 7.69. The molecule has 0 bridgehead atoms. The summed E-state index contributed by atoms with van der Waals surface area (Å²) in [7, 11) is 0. The van der Waals surface area contributed by atoms with E-state index in [0.29, 0.717) is 13.0 Å². The average molecular weight is 230 g/mol. The van der Waals surface area contributed by atoms with Gasteiger partial charge in [0.05, 0.1) is 0 Å². The molecule has 1 atom stereocenters. The normalized spacial score (nSPS) is 25.0. The van der Waals surface area contributed by atoms with Crippen molar-refractivity contribution in [3.05, 3.63) is 42.2 Å². The molecule has 0 aliphatic carbocycles. The van der Waals surface area contributed by atoms with Gasteiger partial charge in [-0.1, -0.05) is 18.2 Å². The van der Waals surface area contributed by atoms with Crippen LogP contribution in [0.15, 0.2) is 36.7 Å². The van der Waals surface area contributed by atoms with Crippen LogP contribution >= 0.6 is 0 Å². The first-order valence-corrected chi connectivity index (χ1v) is 6.02. The van der Waals surface area contributed by atoms with E-state index in [1.807, 2.05) is 24.3 Å². The van der Waals surface area contributed by atoms with Crippen molar-refractivity contribution in [3.63, 3.8) is 0 Å². The van der Waals surface area contributed by atoms with E-state index in [-0.39, 0.29) is 0 Å². The minimum atomic E-state index is -1.24. The molecule has 1 N–H and O–H groups in total. The number of nitrogens with zero attached hydrogens (tertiary/aromatic N) is 1. The fourth-order valence-electron chi connectivity index (χ4n) is 2.61. The summed E-state index contributed by atoms with van der Waals surface area (Å²) in [6.45, 7) is 1.33. The summed E-state index contributed by atoms with van der Waals surface area (Å²) in [5, 5.41) is 5.14. The Hall–Kier alpha value is -1.48. The Bertz CT molecular complexity index is 527. The molecule has 2 nitrogen and oxygen atoms in total. The highest BCUT2D eigenvalue weighted by Crippen LogP contribution is 2.36. The van der Waals surface area contributed by atoms with Crippen molar-refractivity contribution in [3.8, 4) is 0 Å². The average Bonchev–Trinajstić information content (AvgIpc) is 2.39. The van der Waals surface area contributed by atoms with Crippen LogP contribution in [0, 0.1) is 0 Å². The highest BCUT2D eigenvalue weighted by atomic mass is 19.1. The Balaban J connectivity index is 2.16. The van der Waals surface area contributed by atoms with Crippen molar-refractivity contribution in [2.24, 2.45) is 0 Å². The summed E-state index contributed by atoms with van der Waals surface area (Å²) in [5.41, 5.74) is -0.441. The maximum Gasteiger partial charge on any atom is 0.149 e. The first-order chi connectivity index (χ1) is 8.30. The maximum atomic E-state index is 15.0. The highest BCUT2D eigenvalue weighted by molar-refractivity contribution is 5.85. The molecule has 17 heavy (non-hydrogen) atoms. The second kappa shape index (κ2) is 4.08. The van der Waals surface area contributed by atoms with Gasteiger partial charge in [-0.3, -0.25) is 4.98 Å². The molecule has 3 heteroatoms. The summed E-state index contributed by atoms with van der Waals surface area (Å²) in [6.07, 6.45) is 5.00. The van der Waals surface area contributed by atoms with Gasteiger partial charge in [0, 0.05) is 24.3 Å². The van der Waals surface area contributed by atoms with Gasteiger partial charge < -0.3 is 5.32 Å². The lowest BCUT2D eigenvalue weighted by molar-refractivity contribution is 0.123. The van der Waals surface area contributed by atoms with E-state index in [1.165, 1.54) is 0 Å². The van der Waals surface area contributed by atoms with Crippen LogP contribution in [0.25, 0.3) is 10.8 Å². The van der Waals surface area contributed by atoms with Crippen LogP contribution in [0.4, 0.5) is 4.39 Å². The largest absolute Gasteiger partial charge is 0.313 e. The zero-order valence-corrected chi connectivity index (χ0v) is 9.62. The number of nitrogens with one attached hydrogen (secondary N) is 1. The molecule has 1 aromatic carbocycles. The van der Waals surface area contributed by atoms with E-state index in [1.54, 1.807) is 12.4 Å². The summed E-state index contributed by atoms with van der Waals surface area (Å²) < 4.78 is 15.0. The third kappa shape index (κ3) is 1.80. The molecule has 88 valence electrons. The lowest BCUT2D eigenvalue weighted by Gasteiger charge is -2.31. The third-order valence-electron chi connectivity index (χ3n) is 3.50. The molecule has 1 aromatic heterocycles. The molecule has 0 radical (unpaired) electrons. The number of pyridine rings is 1. The van der Waals surface area contributed by atoms with Gasteiger partial charge in [0.25, 0.3) is 0 Å². The zero-order valence-electron chi connectivity index (χ0n) is 9.62.